The molecule has 0 aliphatic carbocycles. The molecule has 7 nitrogen and oxygen atoms in total. The summed E-state index contributed by atoms with van der Waals surface area (Å²) >= 11 is 0. The van der Waals surface area contributed by atoms with Crippen LogP contribution in [-0.2, 0) is 21.4 Å². The Hall–Kier alpha value is -2.81. The van der Waals surface area contributed by atoms with E-state index >= 15 is 0 Å². The predicted octanol–water partition coefficient (Wildman–Crippen LogP) is 3.21. The van der Waals surface area contributed by atoms with Crippen LogP contribution in [0.25, 0.3) is 0 Å². The molecule has 0 aliphatic heterocycles. The Balaban J connectivity index is 1.85. The lowest BCUT2D eigenvalue weighted by Crippen LogP contribution is -2.11. The quantitative estimate of drug-likeness (QED) is 0.460. The summed E-state index contributed by atoms with van der Waals surface area (Å²) in [6.45, 7) is 0. The van der Waals surface area contributed by atoms with Gasteiger partial charge in [0, 0.05) is 24.2 Å². The number of benzene rings is 2. The van der Waals surface area contributed by atoms with Gasteiger partial charge < -0.3 is 5.32 Å². The molecule has 0 spiro atoms. The van der Waals surface area contributed by atoms with E-state index < -0.39 is 20.0 Å². The van der Waals surface area contributed by atoms with E-state index in [1.807, 2.05) is 0 Å². The fourth-order valence-corrected chi connectivity index (χ4v) is 2.66. The first-order valence-corrected chi connectivity index (χ1v) is 8.72. The van der Waals surface area contributed by atoms with Crippen molar-refractivity contribution in [3.05, 3.63) is 64.2 Å². The molecule has 1 N–H and O–H groups in total. The molecule has 2 aromatic rings. The van der Waals surface area contributed by atoms with E-state index in [2.05, 4.69) is 5.32 Å². The Bertz CT molecular complexity index is 882. The molecule has 0 radical (unpaired) electrons. The summed E-state index contributed by atoms with van der Waals surface area (Å²) < 4.78 is 34.2. The topological polar surface area (TPSA) is 106 Å². The number of anilines is 1. The molecule has 0 saturated heterocycles. The highest BCUT2D eigenvalue weighted by atomic mass is 32.3. The van der Waals surface area contributed by atoms with Crippen molar-refractivity contribution in [1.29, 1.82) is 0 Å². The van der Waals surface area contributed by atoms with Gasteiger partial charge in [-0.15, -0.1) is 3.89 Å². The lowest BCUT2D eigenvalue weighted by molar-refractivity contribution is -0.384. The summed E-state index contributed by atoms with van der Waals surface area (Å²) in [5.41, 5.74) is 1.12. The highest BCUT2D eigenvalue weighted by Gasteiger charge is 2.11. The lowest BCUT2D eigenvalue weighted by Gasteiger charge is -2.06. The van der Waals surface area contributed by atoms with E-state index in [1.165, 1.54) is 24.3 Å². The van der Waals surface area contributed by atoms with Crippen molar-refractivity contribution in [3.8, 4) is 0 Å². The molecule has 0 aromatic heterocycles. The van der Waals surface area contributed by atoms with Gasteiger partial charge in [-0.05, 0) is 42.7 Å². The van der Waals surface area contributed by atoms with Crippen LogP contribution in [0.2, 0.25) is 0 Å². The Morgan fingerprint density at radius 2 is 1.84 bits per heavy atom. The van der Waals surface area contributed by atoms with E-state index in [0.717, 1.165) is 17.7 Å². The summed E-state index contributed by atoms with van der Waals surface area (Å²) in [5, 5.41) is 13.3. The number of halogens is 1. The number of hydrogen-bond donors (Lipinski definition) is 1. The standard InChI is InChI=1S/C16H15FN2O5S/c17-25(23,24)15-9-7-13(8-10-15)18-16(20)6-2-4-12-3-1-5-14(11-12)19(21)22/h1,3,5,7-11H,2,4,6H2,(H,18,20). The van der Waals surface area contributed by atoms with Gasteiger partial charge in [0.05, 0.1) is 9.82 Å². The summed E-state index contributed by atoms with van der Waals surface area (Å²) in [6, 6.07) is 10.9. The van der Waals surface area contributed by atoms with Crippen LogP contribution in [0, 0.1) is 10.1 Å². The van der Waals surface area contributed by atoms with Crippen LogP contribution in [0.5, 0.6) is 0 Å². The maximum Gasteiger partial charge on any atom is 0.332 e. The molecule has 0 atom stereocenters. The van der Waals surface area contributed by atoms with Gasteiger partial charge in [0.2, 0.25) is 5.91 Å². The molecule has 2 rings (SSSR count). The van der Waals surface area contributed by atoms with E-state index in [9.17, 15) is 27.2 Å². The first kappa shape index (κ1) is 18.5. The monoisotopic (exact) mass is 366 g/mol. The van der Waals surface area contributed by atoms with Gasteiger partial charge in [-0.1, -0.05) is 12.1 Å². The number of aryl methyl sites for hydroxylation is 1. The molecule has 2 aromatic carbocycles. The minimum Gasteiger partial charge on any atom is -0.326 e. The van der Waals surface area contributed by atoms with E-state index in [1.54, 1.807) is 12.1 Å². The minimum atomic E-state index is -4.76. The number of nitro benzene ring substituents is 1. The zero-order valence-electron chi connectivity index (χ0n) is 13.0. The first-order chi connectivity index (χ1) is 11.8. The van der Waals surface area contributed by atoms with Crippen LogP contribution in [0.15, 0.2) is 53.4 Å². The predicted molar refractivity (Wildman–Crippen MR) is 89.4 cm³/mol. The van der Waals surface area contributed by atoms with Crippen LogP contribution >= 0.6 is 0 Å². The number of rotatable bonds is 7. The summed E-state index contributed by atoms with van der Waals surface area (Å²) in [7, 11) is -4.76. The van der Waals surface area contributed by atoms with Gasteiger partial charge in [0.25, 0.3) is 5.69 Å². The maximum absolute atomic E-state index is 12.8. The molecule has 1 amide bonds. The van der Waals surface area contributed by atoms with Gasteiger partial charge in [0.15, 0.2) is 0 Å². The minimum absolute atomic E-state index is 0.00450. The first-order valence-electron chi connectivity index (χ1n) is 7.33. The molecule has 9 heteroatoms. The molecule has 0 aliphatic rings. The number of nitro groups is 1. The third-order valence-electron chi connectivity index (χ3n) is 3.41. The Morgan fingerprint density at radius 3 is 2.44 bits per heavy atom. The third-order valence-corrected chi connectivity index (χ3v) is 4.25. The third kappa shape index (κ3) is 5.64. The molecular formula is C16H15FN2O5S. The Morgan fingerprint density at radius 1 is 1.16 bits per heavy atom. The number of nitrogens with one attached hydrogen (secondary N) is 1. The van der Waals surface area contributed by atoms with E-state index in [-0.39, 0.29) is 18.0 Å². The Kier molecular flexibility index (Phi) is 5.81. The van der Waals surface area contributed by atoms with Crippen molar-refractivity contribution in [1.82, 2.24) is 0 Å². The SMILES string of the molecule is O=C(CCCc1cccc([N+](=O)[O-])c1)Nc1ccc(S(=O)(=O)F)cc1. The number of hydrogen-bond acceptors (Lipinski definition) is 5. The second kappa shape index (κ2) is 7.84. The van der Waals surface area contributed by atoms with Crippen LogP contribution in [0.3, 0.4) is 0 Å². The summed E-state index contributed by atoms with van der Waals surface area (Å²) in [4.78, 5) is 21.6. The van der Waals surface area contributed by atoms with Gasteiger partial charge in [0.1, 0.15) is 0 Å². The molecular weight excluding hydrogens is 351 g/mol. The van der Waals surface area contributed by atoms with Gasteiger partial charge in [-0.3, -0.25) is 14.9 Å². The van der Waals surface area contributed by atoms with Crippen LogP contribution in [0.4, 0.5) is 15.3 Å². The fourth-order valence-electron chi connectivity index (χ4n) is 2.20. The number of carbonyl (C=O) groups is 1. The van der Waals surface area contributed by atoms with Crippen molar-refractivity contribution >= 4 is 27.5 Å². The van der Waals surface area contributed by atoms with Crippen LogP contribution in [0.1, 0.15) is 18.4 Å². The van der Waals surface area contributed by atoms with Crippen LogP contribution in [-0.4, -0.2) is 19.2 Å². The van der Waals surface area contributed by atoms with Gasteiger partial charge >= 0.3 is 10.2 Å². The van der Waals surface area contributed by atoms with Gasteiger partial charge in [-0.2, -0.15) is 8.42 Å². The van der Waals surface area contributed by atoms with Crippen molar-refractivity contribution in [2.24, 2.45) is 0 Å². The Labute approximate surface area is 143 Å². The largest absolute Gasteiger partial charge is 0.332 e. The molecule has 132 valence electrons. The van der Waals surface area contributed by atoms with Crippen molar-refractivity contribution in [2.75, 3.05) is 5.32 Å². The normalized spacial score (nSPS) is 11.1. The average molecular weight is 366 g/mol. The van der Waals surface area contributed by atoms with Gasteiger partial charge in [-0.25, -0.2) is 0 Å². The van der Waals surface area contributed by atoms with Crippen molar-refractivity contribution in [3.63, 3.8) is 0 Å². The fraction of sp³-hybridized carbons (Fsp3) is 0.188. The van der Waals surface area contributed by atoms with E-state index in [4.69, 9.17) is 0 Å². The number of carbonyl (C=O) groups excluding carboxylic acids is 1. The number of amides is 1. The highest BCUT2D eigenvalue weighted by Crippen LogP contribution is 2.17. The molecule has 25 heavy (non-hydrogen) atoms. The summed E-state index contributed by atoms with van der Waals surface area (Å²) in [5.74, 6) is -0.290. The average Bonchev–Trinajstić information content (AvgIpc) is 2.54. The van der Waals surface area contributed by atoms with Crippen molar-refractivity contribution < 1.29 is 22.0 Å². The molecule has 0 bridgehead atoms. The number of nitrogens with zero attached hydrogens (tertiary/aromatic N) is 1. The zero-order chi connectivity index (χ0) is 18.4. The smallest absolute Gasteiger partial charge is 0.326 e. The molecule has 0 unspecified atom stereocenters. The molecule has 0 fully saturated rings. The highest BCUT2D eigenvalue weighted by molar-refractivity contribution is 7.86. The second-order valence-electron chi connectivity index (χ2n) is 5.29. The van der Waals surface area contributed by atoms with E-state index in [0.29, 0.717) is 18.5 Å². The van der Waals surface area contributed by atoms with Crippen LogP contribution < -0.4 is 5.32 Å². The van der Waals surface area contributed by atoms with Crippen molar-refractivity contribution in [2.45, 2.75) is 24.2 Å². The zero-order valence-corrected chi connectivity index (χ0v) is 13.8. The molecule has 0 saturated carbocycles. The second-order valence-corrected chi connectivity index (χ2v) is 6.64. The number of non-ortho nitro benzene ring substituents is 1. The molecule has 0 heterocycles. The lowest BCUT2D eigenvalue weighted by atomic mass is 10.1. The maximum atomic E-state index is 12.8. The summed E-state index contributed by atoms with van der Waals surface area (Å²) in [6.07, 6.45) is 1.18.